The number of amides is 1. The van der Waals surface area contributed by atoms with Gasteiger partial charge in [0.05, 0.1) is 30.7 Å². The highest BCUT2D eigenvalue weighted by atomic mass is 32.1. The number of hydrogen-bond acceptors (Lipinski definition) is 11. The maximum absolute atomic E-state index is 13.0. The summed E-state index contributed by atoms with van der Waals surface area (Å²) in [5, 5.41) is 11.7. The second kappa shape index (κ2) is 21.5. The highest BCUT2D eigenvalue weighted by Gasteiger charge is 2.16. The van der Waals surface area contributed by atoms with Crippen molar-refractivity contribution >= 4 is 34.3 Å². The maximum atomic E-state index is 13.0. The minimum Gasteiger partial charge on any atom is -0.486 e. The molecule has 7 rings (SSSR count). The van der Waals surface area contributed by atoms with E-state index < -0.39 is 6.55 Å². The lowest BCUT2D eigenvalue weighted by Crippen LogP contribution is -2.32. The van der Waals surface area contributed by atoms with Gasteiger partial charge in [0.25, 0.3) is 0 Å². The van der Waals surface area contributed by atoms with Gasteiger partial charge in [-0.1, -0.05) is 36.4 Å². The van der Waals surface area contributed by atoms with Gasteiger partial charge in [-0.05, 0) is 60.7 Å². The van der Waals surface area contributed by atoms with Crippen LogP contribution in [0.1, 0.15) is 39.5 Å². The molecule has 3 aromatic carbocycles. The Morgan fingerprint density at radius 2 is 1.49 bits per heavy atom. The Morgan fingerprint density at radius 1 is 0.825 bits per heavy atom. The molecule has 0 spiro atoms. The summed E-state index contributed by atoms with van der Waals surface area (Å²) in [5.41, 5.74) is 2.50. The molecule has 2 N–H and O–H groups in total. The summed E-state index contributed by atoms with van der Waals surface area (Å²) in [4.78, 5) is 27.6. The second-order valence-corrected chi connectivity index (χ2v) is 14.3. The fourth-order valence-electron chi connectivity index (χ4n) is 5.40. The molecule has 0 aliphatic heterocycles. The lowest BCUT2D eigenvalue weighted by atomic mass is 10.3. The van der Waals surface area contributed by atoms with Crippen LogP contribution in [0.4, 0.5) is 18.9 Å². The van der Waals surface area contributed by atoms with E-state index in [9.17, 15) is 18.0 Å². The molecule has 0 fully saturated rings. The molecule has 0 saturated heterocycles. The first-order valence-electron chi connectivity index (χ1n) is 17.9. The molecule has 11 nitrogen and oxygen atoms in total. The number of benzene rings is 3. The molecule has 0 aliphatic carbocycles. The smallest absolute Gasteiger partial charge is 0.319 e. The van der Waals surface area contributed by atoms with Gasteiger partial charge >= 0.3 is 6.55 Å². The zero-order valence-corrected chi connectivity index (χ0v) is 32.3. The van der Waals surface area contributed by atoms with Crippen LogP contribution in [0.15, 0.2) is 131 Å². The molecule has 296 valence electrons. The summed E-state index contributed by atoms with van der Waals surface area (Å²) >= 11 is 3.02. The normalized spacial score (nSPS) is 11.0. The third-order valence-electron chi connectivity index (χ3n) is 8.04. The Kier molecular flexibility index (Phi) is 15.4. The Hall–Kier alpha value is -5.81. The van der Waals surface area contributed by atoms with Gasteiger partial charge in [0.1, 0.15) is 52.1 Å². The number of imidazole rings is 1. The van der Waals surface area contributed by atoms with Gasteiger partial charge in [-0.3, -0.25) is 14.3 Å². The monoisotopic (exact) mass is 815 g/mol. The van der Waals surface area contributed by atoms with Gasteiger partial charge in [0.2, 0.25) is 5.91 Å². The molecule has 0 bridgehead atoms. The largest absolute Gasteiger partial charge is 0.486 e. The SMILES string of the molecule is FC(F)n1ccnc1CCNCc1csc(COc2ccccc2)n1.O=C(CN(Cc1csc(COc2ccc(F)cc2)n1)Cc1ccco1)Nc1ccccc1. The molecule has 0 atom stereocenters. The summed E-state index contributed by atoms with van der Waals surface area (Å²) in [5.74, 6) is 2.12. The minimum absolute atomic E-state index is 0.113. The average Bonchev–Trinajstić information content (AvgIpc) is 4.06. The van der Waals surface area contributed by atoms with Crippen LogP contribution in [-0.2, 0) is 44.1 Å². The molecule has 0 saturated carbocycles. The third-order valence-corrected chi connectivity index (χ3v) is 9.78. The number of nitrogens with zero attached hydrogens (tertiary/aromatic N) is 5. The van der Waals surface area contributed by atoms with Crippen molar-refractivity contribution in [3.05, 3.63) is 165 Å². The number of para-hydroxylation sites is 2. The molecular weight excluding hydrogens is 776 g/mol. The van der Waals surface area contributed by atoms with E-state index in [2.05, 4.69) is 25.6 Å². The molecular formula is C41H40F3N7O4S2. The molecule has 7 aromatic rings. The van der Waals surface area contributed by atoms with E-state index in [1.165, 1.54) is 47.2 Å². The van der Waals surface area contributed by atoms with Gasteiger partial charge in [0, 0.05) is 54.9 Å². The number of alkyl halides is 2. The van der Waals surface area contributed by atoms with Crippen LogP contribution in [0.5, 0.6) is 11.5 Å². The Morgan fingerprint density at radius 3 is 2.18 bits per heavy atom. The van der Waals surface area contributed by atoms with E-state index in [1.807, 2.05) is 88.5 Å². The first kappa shape index (κ1) is 40.8. The summed E-state index contributed by atoms with van der Waals surface area (Å²) < 4.78 is 56.1. The van der Waals surface area contributed by atoms with Crippen molar-refractivity contribution in [2.75, 3.05) is 18.4 Å². The van der Waals surface area contributed by atoms with E-state index >= 15 is 0 Å². The van der Waals surface area contributed by atoms with Crippen LogP contribution in [-0.4, -0.2) is 43.4 Å². The number of carbonyl (C=O) groups is 1. The number of anilines is 1. The molecule has 0 aliphatic rings. The van der Waals surface area contributed by atoms with Crippen molar-refractivity contribution in [2.24, 2.45) is 0 Å². The van der Waals surface area contributed by atoms with Crippen LogP contribution in [0.25, 0.3) is 0 Å². The number of rotatable bonds is 19. The molecule has 4 heterocycles. The lowest BCUT2D eigenvalue weighted by Gasteiger charge is -2.19. The zero-order chi connectivity index (χ0) is 39.7. The number of hydrogen-bond donors (Lipinski definition) is 2. The van der Waals surface area contributed by atoms with Crippen LogP contribution in [0.2, 0.25) is 0 Å². The second-order valence-electron chi connectivity index (χ2n) is 12.4. The lowest BCUT2D eigenvalue weighted by molar-refractivity contribution is -0.117. The number of aromatic nitrogens is 4. The summed E-state index contributed by atoms with van der Waals surface area (Å²) in [6, 6.07) is 28.5. The van der Waals surface area contributed by atoms with Crippen molar-refractivity contribution in [1.29, 1.82) is 0 Å². The molecule has 16 heteroatoms. The molecule has 57 heavy (non-hydrogen) atoms. The fourth-order valence-corrected chi connectivity index (χ4v) is 6.80. The first-order chi connectivity index (χ1) is 27.9. The van der Waals surface area contributed by atoms with E-state index in [-0.39, 0.29) is 18.3 Å². The van der Waals surface area contributed by atoms with Crippen molar-refractivity contribution in [1.82, 2.24) is 29.7 Å². The Labute approximate surface area is 335 Å². The van der Waals surface area contributed by atoms with Crippen LogP contribution >= 0.6 is 22.7 Å². The van der Waals surface area contributed by atoms with Gasteiger partial charge in [-0.2, -0.15) is 8.78 Å². The average molecular weight is 816 g/mol. The van der Waals surface area contributed by atoms with E-state index in [1.54, 1.807) is 18.4 Å². The number of thiazole rings is 2. The molecule has 4 aromatic heterocycles. The number of carbonyl (C=O) groups excluding carboxylic acids is 1. The molecule has 0 radical (unpaired) electrons. The first-order valence-corrected chi connectivity index (χ1v) is 19.6. The number of nitrogens with one attached hydrogen (secondary N) is 2. The van der Waals surface area contributed by atoms with E-state index in [0.29, 0.717) is 57.4 Å². The molecule has 1 amide bonds. The van der Waals surface area contributed by atoms with Crippen molar-refractivity contribution in [2.45, 2.75) is 45.8 Å². The number of halogens is 3. The van der Waals surface area contributed by atoms with Gasteiger partial charge < -0.3 is 24.5 Å². The van der Waals surface area contributed by atoms with Crippen LogP contribution in [0, 0.1) is 5.82 Å². The predicted molar refractivity (Wildman–Crippen MR) is 213 cm³/mol. The maximum Gasteiger partial charge on any atom is 0.319 e. The standard InChI is InChI=1S/C24H22FN3O3S.C17H18F2N4OS/c25-18-8-10-21(11-9-18)31-16-24-27-20(17-32-24)13-28(14-22-7-4-12-30-22)15-23(29)26-19-5-2-1-3-6-19;18-17(19)23-9-8-21-15(23)6-7-20-10-13-12-25-16(22-13)11-24-14-4-2-1-3-5-14/h1-12,17H,13-16H2,(H,26,29);1-5,8-9,12,17,20H,6-7,10-11H2. The predicted octanol–water partition coefficient (Wildman–Crippen LogP) is 8.74. The summed E-state index contributed by atoms with van der Waals surface area (Å²) in [6.07, 6.45) is 4.73. The van der Waals surface area contributed by atoms with Gasteiger partial charge in [-0.25, -0.2) is 19.3 Å². The van der Waals surface area contributed by atoms with Crippen molar-refractivity contribution in [3.8, 4) is 11.5 Å². The van der Waals surface area contributed by atoms with E-state index in [0.717, 1.165) is 43.2 Å². The molecule has 0 unspecified atom stereocenters. The van der Waals surface area contributed by atoms with Crippen molar-refractivity contribution < 1.29 is 31.9 Å². The van der Waals surface area contributed by atoms with Crippen LogP contribution in [0.3, 0.4) is 0 Å². The third kappa shape index (κ3) is 13.7. The number of ether oxygens (including phenoxy) is 2. The fraction of sp³-hybridized carbons (Fsp3) is 0.220. The highest BCUT2D eigenvalue weighted by molar-refractivity contribution is 7.09. The van der Waals surface area contributed by atoms with Gasteiger partial charge in [0.15, 0.2) is 0 Å². The number of furan rings is 1. The van der Waals surface area contributed by atoms with E-state index in [4.69, 9.17) is 13.9 Å². The topological polar surface area (TPSA) is 120 Å². The Bertz CT molecular complexity index is 2200. The van der Waals surface area contributed by atoms with Gasteiger partial charge in [-0.15, -0.1) is 22.7 Å². The quantitative estimate of drug-likeness (QED) is 0.0773. The summed E-state index contributed by atoms with van der Waals surface area (Å²) in [6.45, 7) is 0.458. The minimum atomic E-state index is -2.55. The Balaban J connectivity index is 0.000000199. The zero-order valence-electron chi connectivity index (χ0n) is 30.7. The summed E-state index contributed by atoms with van der Waals surface area (Å²) in [7, 11) is 0. The van der Waals surface area contributed by atoms with Crippen LogP contribution < -0.4 is 20.1 Å². The highest BCUT2D eigenvalue weighted by Crippen LogP contribution is 2.19. The van der Waals surface area contributed by atoms with Crippen molar-refractivity contribution in [3.63, 3.8) is 0 Å².